The first-order valence-corrected chi connectivity index (χ1v) is 5.49. The van der Waals surface area contributed by atoms with Crippen LogP contribution in [0.25, 0.3) is 5.65 Å². The molecule has 2 heterocycles. The molecule has 0 aliphatic heterocycles. The van der Waals surface area contributed by atoms with Crippen molar-refractivity contribution >= 4 is 11.6 Å². The van der Waals surface area contributed by atoms with Gasteiger partial charge < -0.3 is 5.11 Å². The third kappa shape index (κ3) is 1.74. The van der Waals surface area contributed by atoms with E-state index in [9.17, 15) is 18.0 Å². The SMILES string of the molecule is O=C(O)C1(c2cnc3cc(C(F)(F)F)nn3c2)CC1. The van der Waals surface area contributed by atoms with Crippen LogP contribution in [0.2, 0.25) is 0 Å². The molecule has 2 aromatic rings. The van der Waals surface area contributed by atoms with Crippen molar-refractivity contribution in [3.8, 4) is 0 Å². The molecule has 0 saturated heterocycles. The Bertz CT molecular complexity index is 673. The van der Waals surface area contributed by atoms with E-state index < -0.39 is 23.3 Å². The van der Waals surface area contributed by atoms with Crippen LogP contribution in [0.15, 0.2) is 18.5 Å². The number of hydrogen-bond donors (Lipinski definition) is 1. The van der Waals surface area contributed by atoms with Crippen LogP contribution in [-0.2, 0) is 16.4 Å². The number of fused-ring (bicyclic) bond motifs is 1. The zero-order valence-corrected chi connectivity index (χ0v) is 9.48. The Morgan fingerprint density at radius 1 is 1.42 bits per heavy atom. The Hall–Kier alpha value is -2.12. The molecule has 0 aromatic carbocycles. The Balaban J connectivity index is 2.09. The van der Waals surface area contributed by atoms with Crippen molar-refractivity contribution in [2.75, 3.05) is 0 Å². The average Bonchev–Trinajstić information content (AvgIpc) is 3.01. The van der Waals surface area contributed by atoms with Crippen molar-refractivity contribution in [1.82, 2.24) is 14.6 Å². The lowest BCUT2D eigenvalue weighted by molar-refractivity contribution is -0.141. The molecule has 5 nitrogen and oxygen atoms in total. The second kappa shape index (κ2) is 3.46. The van der Waals surface area contributed by atoms with Gasteiger partial charge in [-0.3, -0.25) is 4.79 Å². The number of carboxylic acids is 1. The van der Waals surface area contributed by atoms with Crippen LogP contribution in [0.3, 0.4) is 0 Å². The molecular formula is C11H8F3N3O2. The van der Waals surface area contributed by atoms with Gasteiger partial charge in [-0.25, -0.2) is 9.50 Å². The van der Waals surface area contributed by atoms with Crippen molar-refractivity contribution in [1.29, 1.82) is 0 Å². The summed E-state index contributed by atoms with van der Waals surface area (Å²) in [6, 6.07) is 0.824. The summed E-state index contributed by atoms with van der Waals surface area (Å²) >= 11 is 0. The monoisotopic (exact) mass is 271 g/mol. The maximum absolute atomic E-state index is 12.5. The molecular weight excluding hydrogens is 263 g/mol. The minimum Gasteiger partial charge on any atom is -0.481 e. The smallest absolute Gasteiger partial charge is 0.435 e. The Labute approximate surface area is 104 Å². The summed E-state index contributed by atoms with van der Waals surface area (Å²) in [7, 11) is 0. The van der Waals surface area contributed by atoms with Crippen LogP contribution in [-0.4, -0.2) is 25.7 Å². The summed E-state index contributed by atoms with van der Waals surface area (Å²) in [6.45, 7) is 0. The molecule has 1 fully saturated rings. The second-order valence-corrected chi connectivity index (χ2v) is 4.56. The predicted molar refractivity (Wildman–Crippen MR) is 56.5 cm³/mol. The van der Waals surface area contributed by atoms with Crippen molar-refractivity contribution < 1.29 is 23.1 Å². The van der Waals surface area contributed by atoms with Gasteiger partial charge >= 0.3 is 12.1 Å². The summed E-state index contributed by atoms with van der Waals surface area (Å²) in [6.07, 6.45) is -1.01. The average molecular weight is 271 g/mol. The molecule has 1 aliphatic rings. The number of aromatic nitrogens is 3. The van der Waals surface area contributed by atoms with Gasteiger partial charge in [-0.1, -0.05) is 0 Å². The van der Waals surface area contributed by atoms with Gasteiger partial charge in [0.05, 0.1) is 5.41 Å². The number of hydrogen-bond acceptors (Lipinski definition) is 3. The van der Waals surface area contributed by atoms with Gasteiger partial charge in [-0.15, -0.1) is 0 Å². The van der Waals surface area contributed by atoms with Gasteiger partial charge in [0.1, 0.15) is 0 Å². The number of halogens is 3. The van der Waals surface area contributed by atoms with E-state index in [4.69, 9.17) is 5.11 Å². The van der Waals surface area contributed by atoms with Gasteiger partial charge in [0, 0.05) is 24.0 Å². The fourth-order valence-corrected chi connectivity index (χ4v) is 2.01. The van der Waals surface area contributed by atoms with E-state index in [0.29, 0.717) is 18.4 Å². The molecule has 0 radical (unpaired) electrons. The molecule has 0 spiro atoms. The highest BCUT2D eigenvalue weighted by atomic mass is 19.4. The molecule has 3 rings (SSSR count). The number of nitrogens with zero attached hydrogens (tertiary/aromatic N) is 3. The van der Waals surface area contributed by atoms with Gasteiger partial charge in [0.2, 0.25) is 0 Å². The maximum atomic E-state index is 12.5. The van der Waals surface area contributed by atoms with Crippen molar-refractivity contribution in [3.05, 3.63) is 29.7 Å². The zero-order valence-electron chi connectivity index (χ0n) is 9.48. The van der Waals surface area contributed by atoms with E-state index in [1.807, 2.05) is 0 Å². The van der Waals surface area contributed by atoms with Gasteiger partial charge in [0.25, 0.3) is 0 Å². The van der Waals surface area contributed by atoms with Crippen molar-refractivity contribution in [2.24, 2.45) is 0 Å². The largest absolute Gasteiger partial charge is 0.481 e. The first kappa shape index (κ1) is 11.9. The standard InChI is InChI=1S/C11H8F3N3O2/c12-11(13,14)7-3-8-15-4-6(5-17(8)16-7)10(1-2-10)9(18)19/h3-5H,1-2H2,(H,18,19). The zero-order chi connectivity index (χ0) is 13.8. The Kier molecular flexibility index (Phi) is 2.17. The number of carboxylic acid groups (broad SMARTS) is 1. The third-order valence-electron chi connectivity index (χ3n) is 3.32. The van der Waals surface area contributed by atoms with Crippen molar-refractivity contribution in [3.63, 3.8) is 0 Å². The molecule has 0 unspecified atom stereocenters. The molecule has 0 atom stereocenters. The van der Waals surface area contributed by atoms with Crippen LogP contribution in [0.1, 0.15) is 24.1 Å². The molecule has 100 valence electrons. The molecule has 0 bridgehead atoms. The van der Waals surface area contributed by atoms with Gasteiger partial charge in [0.15, 0.2) is 11.3 Å². The van der Waals surface area contributed by atoms with Crippen LogP contribution < -0.4 is 0 Å². The molecule has 0 amide bonds. The molecule has 1 N–H and O–H groups in total. The third-order valence-corrected chi connectivity index (χ3v) is 3.32. The fraction of sp³-hybridized carbons (Fsp3) is 0.364. The molecule has 8 heteroatoms. The number of carbonyl (C=O) groups is 1. The molecule has 1 aliphatic carbocycles. The van der Waals surface area contributed by atoms with Crippen molar-refractivity contribution in [2.45, 2.75) is 24.4 Å². The highest BCUT2D eigenvalue weighted by Crippen LogP contribution is 2.48. The lowest BCUT2D eigenvalue weighted by Gasteiger charge is -2.09. The summed E-state index contributed by atoms with van der Waals surface area (Å²) in [5.74, 6) is -0.989. The van der Waals surface area contributed by atoms with E-state index in [0.717, 1.165) is 10.6 Å². The van der Waals surface area contributed by atoms with E-state index >= 15 is 0 Å². The highest BCUT2D eigenvalue weighted by molar-refractivity contribution is 5.84. The molecule has 2 aromatic heterocycles. The minimum atomic E-state index is -4.54. The topological polar surface area (TPSA) is 67.5 Å². The van der Waals surface area contributed by atoms with E-state index in [1.165, 1.54) is 12.4 Å². The first-order chi connectivity index (χ1) is 8.83. The summed E-state index contributed by atoms with van der Waals surface area (Å²) < 4.78 is 38.5. The molecule has 19 heavy (non-hydrogen) atoms. The van der Waals surface area contributed by atoms with Gasteiger partial charge in [-0.2, -0.15) is 18.3 Å². The predicted octanol–water partition coefficient (Wildman–Crippen LogP) is 1.86. The summed E-state index contributed by atoms with van der Waals surface area (Å²) in [4.78, 5) is 15.0. The highest BCUT2D eigenvalue weighted by Gasteiger charge is 2.52. The first-order valence-electron chi connectivity index (χ1n) is 5.49. The lowest BCUT2D eigenvalue weighted by Crippen LogP contribution is -2.20. The fourth-order valence-electron chi connectivity index (χ4n) is 2.01. The lowest BCUT2D eigenvalue weighted by atomic mass is 10.00. The van der Waals surface area contributed by atoms with E-state index in [-0.39, 0.29) is 5.65 Å². The van der Waals surface area contributed by atoms with Crippen LogP contribution in [0, 0.1) is 0 Å². The normalized spacial score (nSPS) is 17.6. The minimum absolute atomic E-state index is 0.0391. The Morgan fingerprint density at radius 3 is 2.63 bits per heavy atom. The number of rotatable bonds is 2. The van der Waals surface area contributed by atoms with Crippen LogP contribution >= 0.6 is 0 Å². The van der Waals surface area contributed by atoms with Gasteiger partial charge in [-0.05, 0) is 12.8 Å². The van der Waals surface area contributed by atoms with E-state index in [1.54, 1.807) is 0 Å². The summed E-state index contributed by atoms with van der Waals surface area (Å²) in [5.41, 5.74) is -1.63. The van der Waals surface area contributed by atoms with E-state index in [2.05, 4.69) is 10.1 Å². The maximum Gasteiger partial charge on any atom is 0.435 e. The Morgan fingerprint density at radius 2 is 2.11 bits per heavy atom. The van der Waals surface area contributed by atoms with Crippen LogP contribution in [0.5, 0.6) is 0 Å². The number of alkyl halides is 3. The summed E-state index contributed by atoms with van der Waals surface area (Å²) in [5, 5.41) is 12.5. The molecule has 1 saturated carbocycles. The van der Waals surface area contributed by atoms with Crippen LogP contribution in [0.4, 0.5) is 13.2 Å². The quantitative estimate of drug-likeness (QED) is 0.905. The number of aliphatic carboxylic acids is 1. The second-order valence-electron chi connectivity index (χ2n) is 4.56.